The van der Waals surface area contributed by atoms with Gasteiger partial charge in [-0.3, -0.25) is 19.2 Å². The number of nitrogens with zero attached hydrogens (tertiary/aromatic N) is 1. The minimum Gasteiger partial charge on any atom is -0.480 e. The quantitative estimate of drug-likeness (QED) is 0.170. The van der Waals surface area contributed by atoms with Gasteiger partial charge in [0, 0.05) is 13.0 Å². The van der Waals surface area contributed by atoms with Crippen LogP contribution in [-0.4, -0.2) is 83.4 Å². The summed E-state index contributed by atoms with van der Waals surface area (Å²) >= 11 is 0. The molecule has 2 heterocycles. The molecule has 4 atom stereocenters. The molecule has 2 aliphatic heterocycles. The maximum atomic E-state index is 13.3. The van der Waals surface area contributed by atoms with E-state index in [1.807, 2.05) is 0 Å². The number of carboxylic acids is 1. The van der Waals surface area contributed by atoms with E-state index in [2.05, 4.69) is 16.0 Å². The van der Waals surface area contributed by atoms with Gasteiger partial charge in [0.15, 0.2) is 0 Å². The normalized spacial score (nSPS) is 21.9. The summed E-state index contributed by atoms with van der Waals surface area (Å²) in [5, 5.41) is 17.7. The third kappa shape index (κ3) is 7.97. The first kappa shape index (κ1) is 26.5. The molecule has 12 nitrogen and oxygen atoms in total. The molecule has 0 saturated carbocycles. The second-order valence-electron chi connectivity index (χ2n) is 8.59. The molecule has 2 fully saturated rings. The van der Waals surface area contributed by atoms with Crippen LogP contribution in [0.15, 0.2) is 0 Å². The molecule has 186 valence electrons. The van der Waals surface area contributed by atoms with E-state index in [0.29, 0.717) is 51.7 Å². The molecule has 0 aromatic rings. The van der Waals surface area contributed by atoms with E-state index in [4.69, 9.17) is 11.5 Å². The van der Waals surface area contributed by atoms with E-state index in [0.717, 1.165) is 6.42 Å². The van der Waals surface area contributed by atoms with Crippen molar-refractivity contribution in [1.29, 1.82) is 0 Å². The van der Waals surface area contributed by atoms with Crippen molar-refractivity contribution in [3.8, 4) is 0 Å². The van der Waals surface area contributed by atoms with E-state index < -0.39 is 47.9 Å². The lowest BCUT2D eigenvalue weighted by atomic mass is 10.1. The fourth-order valence-corrected chi connectivity index (χ4v) is 4.25. The van der Waals surface area contributed by atoms with Crippen LogP contribution in [0.4, 0.5) is 0 Å². The second kappa shape index (κ2) is 13.1. The van der Waals surface area contributed by atoms with Crippen LogP contribution in [0.1, 0.15) is 57.8 Å². The molecule has 0 radical (unpaired) electrons. The van der Waals surface area contributed by atoms with Crippen LogP contribution >= 0.6 is 0 Å². The number of nitrogens with one attached hydrogen (secondary N) is 3. The summed E-state index contributed by atoms with van der Waals surface area (Å²) in [6, 6.07) is -3.32. The van der Waals surface area contributed by atoms with E-state index >= 15 is 0 Å². The minimum atomic E-state index is -1.15. The summed E-state index contributed by atoms with van der Waals surface area (Å²) in [5.74, 6) is -3.10. The van der Waals surface area contributed by atoms with Crippen LogP contribution in [0.2, 0.25) is 0 Å². The molecule has 4 amide bonds. The van der Waals surface area contributed by atoms with Crippen LogP contribution in [0, 0.1) is 0 Å². The molecule has 33 heavy (non-hydrogen) atoms. The Morgan fingerprint density at radius 3 is 2.33 bits per heavy atom. The van der Waals surface area contributed by atoms with Crippen molar-refractivity contribution in [3.63, 3.8) is 0 Å². The van der Waals surface area contributed by atoms with Crippen molar-refractivity contribution in [2.45, 2.75) is 82.0 Å². The third-order valence-corrected chi connectivity index (χ3v) is 6.07. The molecule has 0 spiro atoms. The molecule has 0 aromatic carbocycles. The molecule has 0 aliphatic carbocycles. The van der Waals surface area contributed by atoms with Gasteiger partial charge >= 0.3 is 5.97 Å². The van der Waals surface area contributed by atoms with E-state index in [-0.39, 0.29) is 25.2 Å². The summed E-state index contributed by atoms with van der Waals surface area (Å²) in [6.45, 7) is 1.44. The maximum Gasteiger partial charge on any atom is 0.326 e. The minimum absolute atomic E-state index is 0.0221. The fraction of sp³-hybridized carbons (Fsp3) is 0.762. The highest BCUT2D eigenvalue weighted by Crippen LogP contribution is 2.20. The zero-order valence-corrected chi connectivity index (χ0v) is 18.9. The van der Waals surface area contributed by atoms with Gasteiger partial charge in [-0.15, -0.1) is 0 Å². The predicted molar refractivity (Wildman–Crippen MR) is 119 cm³/mol. The van der Waals surface area contributed by atoms with E-state index in [1.165, 1.54) is 4.90 Å². The number of aliphatic carboxylic acids is 1. The first-order valence-electron chi connectivity index (χ1n) is 11.6. The van der Waals surface area contributed by atoms with Gasteiger partial charge in [-0.25, -0.2) is 4.79 Å². The number of primary amides is 1. The van der Waals surface area contributed by atoms with Gasteiger partial charge in [-0.05, 0) is 64.5 Å². The zero-order chi connectivity index (χ0) is 24.4. The molecule has 12 heteroatoms. The number of rotatable bonds is 13. The first-order chi connectivity index (χ1) is 15.7. The van der Waals surface area contributed by atoms with Gasteiger partial charge in [-0.2, -0.15) is 0 Å². The fourth-order valence-electron chi connectivity index (χ4n) is 4.25. The molecule has 0 bridgehead atoms. The Balaban J connectivity index is 2.06. The highest BCUT2D eigenvalue weighted by atomic mass is 16.4. The van der Waals surface area contributed by atoms with Gasteiger partial charge in [0.1, 0.15) is 18.1 Å². The Kier molecular flexibility index (Phi) is 10.5. The number of carbonyl (C=O) groups is 5. The summed E-state index contributed by atoms with van der Waals surface area (Å²) in [4.78, 5) is 62.9. The molecule has 2 rings (SSSR count). The SMILES string of the molecule is NCCCCC(NC(=O)C1CCCN1C(=O)C(CCC(N)=O)NC(=O)C1CCCN1)C(=O)O. The standard InChI is InChI=1S/C21H36N6O6/c22-10-2-1-5-15(21(32)33)26-19(30)16-7-4-12-27(16)20(31)14(8-9-17(23)28)25-18(29)13-6-3-11-24-13/h13-16,24H,1-12,22H2,(H2,23,28)(H,25,29)(H,26,30)(H,32,33). The van der Waals surface area contributed by atoms with Gasteiger partial charge in [0.25, 0.3) is 0 Å². The molecular weight excluding hydrogens is 432 g/mol. The molecular formula is C21H36N6O6. The molecule has 2 saturated heterocycles. The Bertz CT molecular complexity index is 726. The van der Waals surface area contributed by atoms with Crippen molar-refractivity contribution in [2.24, 2.45) is 11.5 Å². The Hall–Kier alpha value is -2.73. The van der Waals surface area contributed by atoms with Crippen LogP contribution in [0.5, 0.6) is 0 Å². The number of carbonyl (C=O) groups excluding carboxylic acids is 4. The number of unbranched alkanes of at least 4 members (excludes halogenated alkanes) is 1. The average Bonchev–Trinajstić information content (AvgIpc) is 3.47. The topological polar surface area (TPSA) is 197 Å². The van der Waals surface area contributed by atoms with Crippen LogP contribution in [-0.2, 0) is 24.0 Å². The average molecular weight is 469 g/mol. The van der Waals surface area contributed by atoms with Crippen molar-refractivity contribution >= 4 is 29.6 Å². The maximum absolute atomic E-state index is 13.3. The number of amides is 4. The number of likely N-dealkylation sites (tertiary alicyclic amines) is 1. The molecule has 4 unspecified atom stereocenters. The van der Waals surface area contributed by atoms with Crippen LogP contribution in [0.25, 0.3) is 0 Å². The second-order valence-corrected chi connectivity index (χ2v) is 8.59. The lowest BCUT2D eigenvalue weighted by Gasteiger charge is -2.30. The van der Waals surface area contributed by atoms with Crippen LogP contribution in [0.3, 0.4) is 0 Å². The summed E-state index contributed by atoms with van der Waals surface area (Å²) in [7, 11) is 0. The molecule has 0 aromatic heterocycles. The number of hydrogen-bond acceptors (Lipinski definition) is 7. The van der Waals surface area contributed by atoms with Gasteiger partial charge < -0.3 is 37.4 Å². The summed E-state index contributed by atoms with van der Waals surface area (Å²) < 4.78 is 0. The highest BCUT2D eigenvalue weighted by molar-refractivity contribution is 5.94. The van der Waals surface area contributed by atoms with E-state index in [1.54, 1.807) is 0 Å². The van der Waals surface area contributed by atoms with E-state index in [9.17, 15) is 29.1 Å². The van der Waals surface area contributed by atoms with Crippen molar-refractivity contribution in [1.82, 2.24) is 20.9 Å². The molecule has 8 N–H and O–H groups in total. The monoisotopic (exact) mass is 468 g/mol. The van der Waals surface area contributed by atoms with Gasteiger partial charge in [-0.1, -0.05) is 0 Å². The summed E-state index contributed by atoms with van der Waals surface area (Å²) in [6.07, 6.45) is 3.81. The van der Waals surface area contributed by atoms with Crippen LogP contribution < -0.4 is 27.4 Å². The third-order valence-electron chi connectivity index (χ3n) is 6.07. The predicted octanol–water partition coefficient (Wildman–Crippen LogP) is -1.82. The lowest BCUT2D eigenvalue weighted by molar-refractivity contribution is -0.145. The van der Waals surface area contributed by atoms with Crippen molar-refractivity contribution in [3.05, 3.63) is 0 Å². The Labute approximate surface area is 193 Å². The largest absolute Gasteiger partial charge is 0.480 e. The smallest absolute Gasteiger partial charge is 0.326 e. The summed E-state index contributed by atoms with van der Waals surface area (Å²) in [5.41, 5.74) is 10.7. The van der Waals surface area contributed by atoms with Gasteiger partial charge in [0.2, 0.25) is 23.6 Å². The van der Waals surface area contributed by atoms with Crippen molar-refractivity contribution < 1.29 is 29.1 Å². The molecule has 2 aliphatic rings. The van der Waals surface area contributed by atoms with Crippen molar-refractivity contribution in [2.75, 3.05) is 19.6 Å². The highest BCUT2D eigenvalue weighted by Gasteiger charge is 2.39. The Morgan fingerprint density at radius 1 is 1.00 bits per heavy atom. The lowest BCUT2D eigenvalue weighted by Crippen LogP contribution is -2.56. The number of carboxylic acid groups (broad SMARTS) is 1. The first-order valence-corrected chi connectivity index (χ1v) is 11.6. The number of nitrogens with two attached hydrogens (primary N) is 2. The Morgan fingerprint density at radius 2 is 1.73 bits per heavy atom. The number of hydrogen-bond donors (Lipinski definition) is 6. The zero-order valence-electron chi connectivity index (χ0n) is 18.9. The van der Waals surface area contributed by atoms with Gasteiger partial charge in [0.05, 0.1) is 6.04 Å².